The highest BCUT2D eigenvalue weighted by Gasteiger charge is 2.48. The Hall–Kier alpha value is -1.99. The highest BCUT2D eigenvalue weighted by atomic mass is 16.7. The second kappa shape index (κ2) is 15.3. The third kappa shape index (κ3) is 8.49. The van der Waals surface area contributed by atoms with Gasteiger partial charge in [0.05, 0.1) is 24.0 Å². The highest BCUT2D eigenvalue weighted by Crippen LogP contribution is 2.34. The average Bonchev–Trinajstić information content (AvgIpc) is 2.97. The number of aromatic nitrogens is 1. The Labute approximate surface area is 269 Å². The molecule has 9 atom stereocenters. The van der Waals surface area contributed by atoms with E-state index < -0.39 is 41.9 Å². The van der Waals surface area contributed by atoms with Crippen LogP contribution in [0, 0.1) is 23.2 Å². The minimum atomic E-state index is -1.40. The Kier molecular flexibility index (Phi) is 12.2. The number of likely N-dealkylation sites (tertiary alicyclic amines) is 1. The van der Waals surface area contributed by atoms with Crippen molar-refractivity contribution in [2.24, 2.45) is 23.2 Å². The van der Waals surface area contributed by atoms with Crippen LogP contribution in [0.3, 0.4) is 0 Å². The normalized spacial score (nSPS) is 36.5. The van der Waals surface area contributed by atoms with Gasteiger partial charge in [-0.2, -0.15) is 0 Å². The van der Waals surface area contributed by atoms with Crippen molar-refractivity contribution in [1.29, 1.82) is 0 Å². The molecule has 1 N–H and O–H groups in total. The smallest absolute Gasteiger partial charge is 0.319 e. The molecule has 11 nitrogen and oxygen atoms in total. The highest BCUT2D eigenvalue weighted by molar-refractivity contribution is 6.04. The Morgan fingerprint density at radius 3 is 2.44 bits per heavy atom. The van der Waals surface area contributed by atoms with E-state index in [-0.39, 0.29) is 36.5 Å². The number of esters is 1. The van der Waals surface area contributed by atoms with E-state index in [2.05, 4.69) is 28.8 Å². The molecule has 3 aliphatic heterocycles. The summed E-state index contributed by atoms with van der Waals surface area (Å²) in [5, 5.41) is 11.2. The molecule has 0 aromatic carbocycles. The number of carbonyl (C=O) groups excluding carboxylic acids is 2. The first-order valence-corrected chi connectivity index (χ1v) is 16.4. The predicted molar refractivity (Wildman–Crippen MR) is 170 cm³/mol. The molecule has 1 aromatic rings. The fraction of sp³-hybridized carbons (Fsp3) is 0.794. The van der Waals surface area contributed by atoms with Crippen molar-refractivity contribution in [3.63, 3.8) is 0 Å². The molecule has 0 amide bonds. The van der Waals surface area contributed by atoms with Crippen LogP contribution >= 0.6 is 0 Å². The first kappa shape index (κ1) is 35.9. The number of hydrogen-bond donors (Lipinski definition) is 1. The number of Topliss-reactive ketones (excluding diaryl/α,β-unsaturated/α-hetero) is 1. The van der Waals surface area contributed by atoms with Gasteiger partial charge in [0.2, 0.25) is 0 Å². The van der Waals surface area contributed by atoms with Gasteiger partial charge in [0.15, 0.2) is 12.1 Å². The van der Waals surface area contributed by atoms with Gasteiger partial charge in [-0.3, -0.25) is 24.4 Å². The van der Waals surface area contributed by atoms with Crippen molar-refractivity contribution in [2.75, 3.05) is 54.5 Å². The molecule has 4 rings (SSSR count). The largest absolute Gasteiger partial charge is 0.463 e. The number of cyclic esters (lactones) is 1. The second-order valence-corrected chi connectivity index (χ2v) is 14.4. The van der Waals surface area contributed by atoms with E-state index in [1.54, 1.807) is 27.9 Å². The molecule has 0 unspecified atom stereocenters. The van der Waals surface area contributed by atoms with Crippen LogP contribution in [-0.2, 0) is 35.1 Å². The zero-order valence-corrected chi connectivity index (χ0v) is 28.7. The molecule has 0 saturated carbocycles. The summed E-state index contributed by atoms with van der Waals surface area (Å²) < 4.78 is 24.6. The maximum Gasteiger partial charge on any atom is 0.319 e. The molecule has 3 saturated heterocycles. The van der Waals surface area contributed by atoms with Crippen molar-refractivity contribution in [3.05, 3.63) is 30.1 Å². The molecule has 4 heterocycles. The molecule has 0 aliphatic carbocycles. The maximum absolute atomic E-state index is 14.1. The van der Waals surface area contributed by atoms with Crippen molar-refractivity contribution in [1.82, 2.24) is 19.7 Å². The molecular weight excluding hydrogens is 576 g/mol. The number of methoxy groups -OCH3 is 1. The maximum atomic E-state index is 14.1. The van der Waals surface area contributed by atoms with E-state index in [1.165, 1.54) is 0 Å². The van der Waals surface area contributed by atoms with Crippen LogP contribution in [0.5, 0.6) is 0 Å². The molecule has 11 heteroatoms. The Balaban J connectivity index is 1.55. The number of carbonyl (C=O) groups is 2. The quantitative estimate of drug-likeness (QED) is 0.353. The van der Waals surface area contributed by atoms with E-state index in [9.17, 15) is 14.7 Å². The second-order valence-electron chi connectivity index (χ2n) is 14.4. The van der Waals surface area contributed by atoms with Crippen molar-refractivity contribution in [3.8, 4) is 0 Å². The summed E-state index contributed by atoms with van der Waals surface area (Å²) in [5.41, 5.74) is -0.369. The minimum Gasteiger partial charge on any atom is -0.463 e. The third-order valence-corrected chi connectivity index (χ3v) is 10.1. The molecule has 1 aromatic heterocycles. The van der Waals surface area contributed by atoms with Gasteiger partial charge in [-0.05, 0) is 72.8 Å². The lowest BCUT2D eigenvalue weighted by Crippen LogP contribution is -2.58. The summed E-state index contributed by atoms with van der Waals surface area (Å²) in [5.74, 6) is -1.07. The van der Waals surface area contributed by atoms with Gasteiger partial charge in [-0.15, -0.1) is 0 Å². The van der Waals surface area contributed by atoms with Gasteiger partial charge in [0.1, 0.15) is 18.1 Å². The summed E-state index contributed by atoms with van der Waals surface area (Å²) >= 11 is 0. The SMILES string of the molecule is CO[C@@H]1C[C@@H](C)CN(C)[C@H](C2CN(Cc3ccccn3)C2)COC(=O)C(C)(C)C(=O)[C@H](C)[C@H]1O[C@@H]1O[C@H](C)C[C@H](N(C)C)[C@H]1O. The van der Waals surface area contributed by atoms with Crippen LogP contribution < -0.4 is 0 Å². The monoisotopic (exact) mass is 632 g/mol. The summed E-state index contributed by atoms with van der Waals surface area (Å²) in [6.45, 7) is 12.7. The molecule has 254 valence electrons. The first-order chi connectivity index (χ1) is 21.2. The lowest BCUT2D eigenvalue weighted by atomic mass is 9.78. The Morgan fingerprint density at radius 1 is 1.11 bits per heavy atom. The zero-order chi connectivity index (χ0) is 33.1. The van der Waals surface area contributed by atoms with Crippen molar-refractivity contribution < 1.29 is 33.6 Å². The average molecular weight is 633 g/mol. The number of nitrogens with zero attached hydrogens (tertiary/aromatic N) is 4. The number of aliphatic hydroxyl groups is 1. The number of aliphatic hydroxyl groups excluding tert-OH is 1. The molecule has 0 bridgehead atoms. The van der Waals surface area contributed by atoms with E-state index in [0.29, 0.717) is 18.8 Å². The van der Waals surface area contributed by atoms with Crippen molar-refractivity contribution >= 4 is 11.8 Å². The van der Waals surface area contributed by atoms with Crippen LogP contribution in [0.25, 0.3) is 0 Å². The molecule has 0 radical (unpaired) electrons. The fourth-order valence-electron chi connectivity index (χ4n) is 7.29. The van der Waals surface area contributed by atoms with Crippen LogP contribution in [0.2, 0.25) is 0 Å². The van der Waals surface area contributed by atoms with Crippen LogP contribution in [0.4, 0.5) is 0 Å². The number of hydrogen-bond acceptors (Lipinski definition) is 11. The van der Waals surface area contributed by atoms with Crippen LogP contribution in [0.15, 0.2) is 24.4 Å². The van der Waals surface area contributed by atoms with E-state index in [0.717, 1.165) is 31.9 Å². The summed E-state index contributed by atoms with van der Waals surface area (Å²) in [6.07, 6.45) is -0.129. The van der Waals surface area contributed by atoms with Crippen molar-refractivity contribution in [2.45, 2.75) is 96.8 Å². The first-order valence-electron chi connectivity index (χ1n) is 16.4. The standard InChI is InChI=1S/C34H56N4O7/c1-21-14-28(42-9)30(45-32-29(39)26(36(6)7)15-22(2)44-32)23(3)31(40)34(4,5)33(41)43-20-27(37(8)16-21)24-17-38(18-24)19-25-12-10-11-13-35-25/h10-13,21-24,26-30,32,39H,14-20H2,1-9H3/t21-,22-,23-,26+,27+,28-,29-,30-,32+/m1/s1. The minimum absolute atomic E-state index is 0.00347. The van der Waals surface area contributed by atoms with Gasteiger partial charge in [-0.1, -0.05) is 19.9 Å². The van der Waals surface area contributed by atoms with Gasteiger partial charge in [-0.25, -0.2) is 0 Å². The molecule has 3 aliphatic rings. The topological polar surface area (TPSA) is 114 Å². The molecule has 3 fully saturated rings. The molecule has 45 heavy (non-hydrogen) atoms. The van der Waals surface area contributed by atoms with Crippen LogP contribution in [0.1, 0.15) is 53.2 Å². The number of rotatable bonds is 7. The van der Waals surface area contributed by atoms with Gasteiger partial charge < -0.3 is 29.0 Å². The lowest BCUT2D eigenvalue weighted by molar-refractivity contribution is -0.284. The number of pyridine rings is 1. The van der Waals surface area contributed by atoms with E-state index in [1.807, 2.05) is 50.3 Å². The third-order valence-electron chi connectivity index (χ3n) is 10.1. The number of ether oxygens (including phenoxy) is 4. The number of ketones is 1. The van der Waals surface area contributed by atoms with Gasteiger partial charge in [0, 0.05) is 63.4 Å². The fourth-order valence-corrected chi connectivity index (χ4v) is 7.29. The molecular formula is C34H56N4O7. The van der Waals surface area contributed by atoms with Gasteiger partial charge in [0.25, 0.3) is 0 Å². The predicted octanol–water partition coefficient (Wildman–Crippen LogP) is 2.45. The molecule has 0 spiro atoms. The van der Waals surface area contributed by atoms with E-state index >= 15 is 0 Å². The van der Waals surface area contributed by atoms with Crippen LogP contribution in [-0.4, -0.2) is 134 Å². The van der Waals surface area contributed by atoms with E-state index in [4.69, 9.17) is 18.9 Å². The summed E-state index contributed by atoms with van der Waals surface area (Å²) in [7, 11) is 7.56. The number of likely N-dealkylation sites (N-methyl/N-ethyl adjacent to an activating group) is 2. The Morgan fingerprint density at radius 2 is 1.82 bits per heavy atom. The summed E-state index contributed by atoms with van der Waals surface area (Å²) in [4.78, 5) is 38.7. The summed E-state index contributed by atoms with van der Waals surface area (Å²) in [6, 6.07) is 5.80. The zero-order valence-electron chi connectivity index (χ0n) is 28.7. The lowest BCUT2D eigenvalue weighted by Gasteiger charge is -2.46. The Bertz CT molecular complexity index is 1120. The van der Waals surface area contributed by atoms with Gasteiger partial charge >= 0.3 is 5.97 Å².